The average Bonchev–Trinajstić information content (AvgIpc) is 2.77. The molecule has 4 aromatic rings. The first-order chi connectivity index (χ1) is 13.4. The number of hydrogen-bond acceptors (Lipinski definition) is 0. The topological polar surface area (TPSA) is 0 Å². The second-order valence-electron chi connectivity index (χ2n) is 6.28. The molecule has 0 N–H and O–H groups in total. The van der Waals surface area contributed by atoms with Crippen LogP contribution in [0.15, 0.2) is 121 Å². The smallest absolute Gasteiger partial charge is 0.189 e. The van der Waals surface area contributed by atoms with E-state index in [9.17, 15) is 0 Å². The summed E-state index contributed by atoms with van der Waals surface area (Å²) in [6, 6.07) is 42.4. The summed E-state index contributed by atoms with van der Waals surface area (Å²) in [6.45, 7) is 0. The molecular weight excluding hydrogens is 379 g/mol. The van der Waals surface area contributed by atoms with E-state index in [1.54, 1.807) is 0 Å². The van der Waals surface area contributed by atoms with Crippen molar-refractivity contribution in [1.82, 2.24) is 0 Å². The molecule has 0 spiro atoms. The SMILES string of the molecule is C(#C[P+](c1ccccc1)(c1ccccc1)c1ccccc1)c1ccccc1.[Cl-]. The Kier molecular flexibility index (Phi) is 6.67. The molecule has 4 aromatic carbocycles. The number of halogens is 1. The van der Waals surface area contributed by atoms with Gasteiger partial charge < -0.3 is 12.4 Å². The minimum atomic E-state index is -2.08. The molecule has 0 aliphatic rings. The Morgan fingerprint density at radius 1 is 0.429 bits per heavy atom. The van der Waals surface area contributed by atoms with Crippen molar-refractivity contribution < 1.29 is 12.4 Å². The molecule has 0 fully saturated rings. The van der Waals surface area contributed by atoms with Gasteiger partial charge in [0.15, 0.2) is 7.26 Å². The summed E-state index contributed by atoms with van der Waals surface area (Å²) < 4.78 is 0. The van der Waals surface area contributed by atoms with Gasteiger partial charge in [-0.05, 0) is 54.5 Å². The fourth-order valence-electron chi connectivity index (χ4n) is 3.27. The summed E-state index contributed by atoms with van der Waals surface area (Å²) in [5.41, 5.74) is 4.81. The number of hydrogen-bond donors (Lipinski definition) is 0. The molecule has 0 aromatic heterocycles. The third kappa shape index (κ3) is 4.02. The van der Waals surface area contributed by atoms with Crippen molar-refractivity contribution >= 4 is 23.2 Å². The summed E-state index contributed by atoms with van der Waals surface area (Å²) >= 11 is 0. The molecule has 0 saturated heterocycles. The maximum atomic E-state index is 3.76. The van der Waals surface area contributed by atoms with E-state index in [0.29, 0.717) is 0 Å². The zero-order valence-corrected chi connectivity index (χ0v) is 17.0. The number of benzene rings is 4. The third-order valence-electron chi connectivity index (χ3n) is 4.57. The van der Waals surface area contributed by atoms with Crippen LogP contribution in [-0.4, -0.2) is 0 Å². The first-order valence-corrected chi connectivity index (χ1v) is 10.8. The van der Waals surface area contributed by atoms with E-state index in [4.69, 9.17) is 0 Å². The molecule has 0 aliphatic heterocycles. The Balaban J connectivity index is 0.00000225. The van der Waals surface area contributed by atoms with E-state index in [1.165, 1.54) is 15.9 Å². The standard InChI is InChI=1S/C26H20P.ClH/c1-5-13-23(14-6-1)21-22-27(24-15-7-2-8-16-24,25-17-9-3-10-18-25)26-19-11-4-12-20-26;/h1-20H;1H/q+1;/p-1. The molecule has 0 unspecified atom stereocenters. The van der Waals surface area contributed by atoms with Crippen molar-refractivity contribution in [2.24, 2.45) is 0 Å². The molecule has 0 radical (unpaired) electrons. The average molecular weight is 399 g/mol. The molecule has 4 rings (SSSR count). The lowest BCUT2D eigenvalue weighted by Gasteiger charge is -2.21. The van der Waals surface area contributed by atoms with Crippen LogP contribution >= 0.6 is 7.26 Å². The van der Waals surface area contributed by atoms with Crippen LogP contribution in [-0.2, 0) is 0 Å². The van der Waals surface area contributed by atoms with Gasteiger partial charge in [-0.15, -0.1) is 0 Å². The summed E-state index contributed by atoms with van der Waals surface area (Å²) in [6.07, 6.45) is 0. The van der Waals surface area contributed by atoms with E-state index in [0.717, 1.165) is 5.56 Å². The van der Waals surface area contributed by atoms with Gasteiger partial charge in [-0.2, -0.15) is 0 Å². The van der Waals surface area contributed by atoms with Crippen molar-refractivity contribution in [3.8, 4) is 11.6 Å². The van der Waals surface area contributed by atoms with Crippen molar-refractivity contribution in [2.75, 3.05) is 0 Å². The minimum Gasteiger partial charge on any atom is -1.00 e. The maximum Gasteiger partial charge on any atom is 0.189 e. The summed E-state index contributed by atoms with van der Waals surface area (Å²) in [5, 5.41) is 3.85. The third-order valence-corrected chi connectivity index (χ3v) is 8.24. The van der Waals surface area contributed by atoms with Gasteiger partial charge in [-0.1, -0.05) is 72.8 Å². The molecule has 0 bridgehead atoms. The normalized spacial score (nSPS) is 10.3. The van der Waals surface area contributed by atoms with E-state index in [2.05, 4.69) is 115 Å². The molecule has 0 aliphatic carbocycles. The quantitative estimate of drug-likeness (QED) is 0.366. The van der Waals surface area contributed by atoms with Crippen molar-refractivity contribution in [3.05, 3.63) is 127 Å². The van der Waals surface area contributed by atoms with Crippen LogP contribution in [0, 0.1) is 11.6 Å². The van der Waals surface area contributed by atoms with Crippen molar-refractivity contribution in [3.63, 3.8) is 0 Å². The van der Waals surface area contributed by atoms with Gasteiger partial charge in [-0.25, -0.2) is 0 Å². The first kappa shape index (κ1) is 19.9. The number of rotatable bonds is 3. The van der Waals surface area contributed by atoms with Gasteiger partial charge in [0.05, 0.1) is 5.66 Å². The zero-order chi connectivity index (χ0) is 18.4. The highest BCUT2D eigenvalue weighted by molar-refractivity contribution is 7.99. The fraction of sp³-hybridized carbons (Fsp3) is 0. The Hall–Kier alpha value is -2.84. The molecule has 136 valence electrons. The Bertz CT molecular complexity index is 954. The molecule has 0 heterocycles. The Morgan fingerprint density at radius 2 is 0.750 bits per heavy atom. The minimum absolute atomic E-state index is 0. The molecule has 2 heteroatoms. The molecule has 0 saturated carbocycles. The van der Waals surface area contributed by atoms with E-state index in [-0.39, 0.29) is 12.4 Å². The molecule has 0 atom stereocenters. The van der Waals surface area contributed by atoms with Crippen LogP contribution < -0.4 is 28.3 Å². The Morgan fingerprint density at radius 3 is 1.11 bits per heavy atom. The second kappa shape index (κ2) is 9.38. The van der Waals surface area contributed by atoms with Crippen molar-refractivity contribution in [1.29, 1.82) is 0 Å². The van der Waals surface area contributed by atoms with Gasteiger partial charge in [0.2, 0.25) is 0 Å². The maximum absolute atomic E-state index is 3.76. The van der Waals surface area contributed by atoms with Crippen LogP contribution in [0.2, 0.25) is 0 Å². The molecule has 0 nitrogen and oxygen atoms in total. The van der Waals surface area contributed by atoms with Gasteiger partial charge in [0, 0.05) is 5.56 Å². The first-order valence-electron chi connectivity index (χ1n) is 9.04. The zero-order valence-electron chi connectivity index (χ0n) is 15.4. The Labute approximate surface area is 174 Å². The highest BCUT2D eigenvalue weighted by Gasteiger charge is 2.44. The van der Waals surface area contributed by atoms with Crippen LogP contribution in [0.25, 0.3) is 0 Å². The lowest BCUT2D eigenvalue weighted by atomic mass is 10.2. The largest absolute Gasteiger partial charge is 1.00 e. The second-order valence-corrected chi connectivity index (χ2v) is 9.39. The molecule has 28 heavy (non-hydrogen) atoms. The van der Waals surface area contributed by atoms with E-state index >= 15 is 0 Å². The van der Waals surface area contributed by atoms with Crippen LogP contribution in [0.3, 0.4) is 0 Å². The predicted molar refractivity (Wildman–Crippen MR) is 118 cm³/mol. The van der Waals surface area contributed by atoms with Gasteiger partial charge in [0.1, 0.15) is 15.9 Å². The highest BCUT2D eigenvalue weighted by Crippen LogP contribution is 2.54. The van der Waals surface area contributed by atoms with Gasteiger partial charge in [-0.3, -0.25) is 0 Å². The summed E-state index contributed by atoms with van der Waals surface area (Å²) in [5.74, 6) is 3.48. The summed E-state index contributed by atoms with van der Waals surface area (Å²) in [4.78, 5) is 0. The van der Waals surface area contributed by atoms with Gasteiger partial charge in [0.25, 0.3) is 0 Å². The summed E-state index contributed by atoms with van der Waals surface area (Å²) in [7, 11) is -2.08. The monoisotopic (exact) mass is 398 g/mol. The van der Waals surface area contributed by atoms with Crippen LogP contribution in [0.4, 0.5) is 0 Å². The van der Waals surface area contributed by atoms with Crippen LogP contribution in [0.1, 0.15) is 5.56 Å². The van der Waals surface area contributed by atoms with Gasteiger partial charge >= 0.3 is 0 Å². The lowest BCUT2D eigenvalue weighted by Crippen LogP contribution is -3.00. The molecule has 0 amide bonds. The lowest BCUT2D eigenvalue weighted by molar-refractivity contribution is -0.00000512. The highest BCUT2D eigenvalue weighted by atomic mass is 35.5. The van der Waals surface area contributed by atoms with Crippen LogP contribution in [0.5, 0.6) is 0 Å². The van der Waals surface area contributed by atoms with E-state index in [1.807, 2.05) is 18.2 Å². The predicted octanol–water partition coefficient (Wildman–Crippen LogP) is 1.99. The molecular formula is C26H20ClP. The van der Waals surface area contributed by atoms with Crippen molar-refractivity contribution in [2.45, 2.75) is 0 Å². The fourth-order valence-corrected chi connectivity index (χ4v) is 6.70. The van der Waals surface area contributed by atoms with E-state index < -0.39 is 7.26 Å².